The molecule has 0 radical (unpaired) electrons. The Labute approximate surface area is 95.8 Å². The van der Waals surface area contributed by atoms with Crippen molar-refractivity contribution in [2.75, 3.05) is 29.5 Å². The maximum absolute atomic E-state index is 10.0. The van der Waals surface area contributed by atoms with E-state index in [0.29, 0.717) is 17.9 Å². The van der Waals surface area contributed by atoms with Gasteiger partial charge in [-0.2, -0.15) is 0 Å². The zero-order valence-electron chi connectivity index (χ0n) is 9.61. The number of hydrogen-bond acceptors (Lipinski definition) is 4. The van der Waals surface area contributed by atoms with Gasteiger partial charge in [-0.1, -0.05) is 0 Å². The Morgan fingerprint density at radius 1 is 1.31 bits per heavy atom. The van der Waals surface area contributed by atoms with Gasteiger partial charge in [0.05, 0.1) is 17.0 Å². The second-order valence-electron chi connectivity index (χ2n) is 4.84. The normalized spacial score (nSPS) is 25.8. The zero-order valence-corrected chi connectivity index (χ0v) is 9.61. The Morgan fingerprint density at radius 2 is 2.06 bits per heavy atom. The van der Waals surface area contributed by atoms with E-state index in [-0.39, 0.29) is 0 Å². The predicted octanol–water partition coefficient (Wildman–Crippen LogP) is 1.20. The largest absolute Gasteiger partial charge is 0.397 e. The Morgan fingerprint density at radius 3 is 2.69 bits per heavy atom. The van der Waals surface area contributed by atoms with E-state index in [0.717, 1.165) is 25.1 Å². The lowest BCUT2D eigenvalue weighted by Crippen LogP contribution is -2.46. The van der Waals surface area contributed by atoms with E-state index < -0.39 is 5.60 Å². The highest BCUT2D eigenvalue weighted by Crippen LogP contribution is 2.28. The number of anilines is 3. The first-order chi connectivity index (χ1) is 7.48. The van der Waals surface area contributed by atoms with Crippen LogP contribution in [0.5, 0.6) is 0 Å². The van der Waals surface area contributed by atoms with Crippen LogP contribution in [0.2, 0.25) is 0 Å². The number of nitrogens with two attached hydrogens (primary N) is 2. The van der Waals surface area contributed by atoms with Crippen molar-refractivity contribution >= 4 is 17.1 Å². The van der Waals surface area contributed by atoms with Gasteiger partial charge in [0.15, 0.2) is 0 Å². The maximum Gasteiger partial charge on any atom is 0.0794 e. The van der Waals surface area contributed by atoms with Crippen LogP contribution in [-0.2, 0) is 0 Å². The molecule has 1 aromatic rings. The molecule has 2 rings (SSSR count). The van der Waals surface area contributed by atoms with Crippen LogP contribution in [0.3, 0.4) is 0 Å². The number of rotatable bonds is 1. The molecule has 4 nitrogen and oxygen atoms in total. The van der Waals surface area contributed by atoms with Crippen molar-refractivity contribution in [2.45, 2.75) is 25.4 Å². The van der Waals surface area contributed by atoms with Gasteiger partial charge >= 0.3 is 0 Å². The molecule has 1 aromatic carbocycles. The molecule has 5 N–H and O–H groups in total. The van der Waals surface area contributed by atoms with Gasteiger partial charge in [-0.15, -0.1) is 0 Å². The van der Waals surface area contributed by atoms with Crippen molar-refractivity contribution in [1.29, 1.82) is 0 Å². The number of nitrogens with zero attached hydrogens (tertiary/aromatic N) is 1. The second-order valence-corrected chi connectivity index (χ2v) is 4.84. The molecule has 1 aliphatic heterocycles. The quantitative estimate of drug-likeness (QED) is 0.623. The summed E-state index contributed by atoms with van der Waals surface area (Å²) in [6, 6.07) is 5.64. The van der Waals surface area contributed by atoms with Gasteiger partial charge in [0, 0.05) is 18.8 Å². The lowest BCUT2D eigenvalue weighted by molar-refractivity contribution is 0.0449. The van der Waals surface area contributed by atoms with Crippen molar-refractivity contribution in [2.24, 2.45) is 0 Å². The van der Waals surface area contributed by atoms with Gasteiger partial charge in [0.1, 0.15) is 0 Å². The second kappa shape index (κ2) is 3.87. The van der Waals surface area contributed by atoms with Crippen molar-refractivity contribution < 1.29 is 5.11 Å². The molecule has 1 fully saturated rings. The number of nitrogen functional groups attached to an aromatic ring is 2. The highest BCUT2D eigenvalue weighted by molar-refractivity contribution is 5.70. The first-order valence-corrected chi connectivity index (χ1v) is 5.60. The molecule has 1 heterocycles. The molecule has 1 saturated heterocycles. The molecule has 1 atom stereocenters. The highest BCUT2D eigenvalue weighted by atomic mass is 16.3. The van der Waals surface area contributed by atoms with Crippen LogP contribution in [0.15, 0.2) is 18.2 Å². The Balaban J connectivity index is 2.20. The fourth-order valence-corrected chi connectivity index (χ4v) is 2.20. The summed E-state index contributed by atoms with van der Waals surface area (Å²) in [6.07, 6.45) is 1.85. The van der Waals surface area contributed by atoms with Crippen LogP contribution >= 0.6 is 0 Å². The molecule has 16 heavy (non-hydrogen) atoms. The van der Waals surface area contributed by atoms with E-state index in [1.807, 2.05) is 25.1 Å². The minimum Gasteiger partial charge on any atom is -0.397 e. The number of hydrogen-bond donors (Lipinski definition) is 3. The molecule has 1 aliphatic rings. The third-order valence-electron chi connectivity index (χ3n) is 3.11. The number of β-amino-alcohol motifs (C(OH)–C–C–N with tert-alkyl or cyclic N) is 1. The molecular formula is C12H19N3O. The van der Waals surface area contributed by atoms with Crippen LogP contribution in [0, 0.1) is 0 Å². The van der Waals surface area contributed by atoms with Gasteiger partial charge in [-0.3, -0.25) is 0 Å². The van der Waals surface area contributed by atoms with E-state index in [9.17, 15) is 5.11 Å². The first kappa shape index (κ1) is 11.1. The first-order valence-electron chi connectivity index (χ1n) is 5.60. The van der Waals surface area contributed by atoms with Crippen molar-refractivity contribution in [3.63, 3.8) is 0 Å². The summed E-state index contributed by atoms with van der Waals surface area (Å²) in [5, 5.41) is 10.0. The minimum absolute atomic E-state index is 0.600. The molecule has 0 spiro atoms. The van der Waals surface area contributed by atoms with Crippen molar-refractivity contribution in [3.05, 3.63) is 18.2 Å². The highest BCUT2D eigenvalue weighted by Gasteiger charge is 2.28. The lowest BCUT2D eigenvalue weighted by atomic mass is 9.95. The fraction of sp³-hybridized carbons (Fsp3) is 0.500. The maximum atomic E-state index is 10.0. The SMILES string of the molecule is CC1(O)CCCN(c2ccc(N)c(N)c2)C1. The molecule has 0 bridgehead atoms. The average Bonchev–Trinajstić information content (AvgIpc) is 2.20. The molecule has 4 heteroatoms. The van der Waals surface area contributed by atoms with Gasteiger partial charge in [0.25, 0.3) is 0 Å². The van der Waals surface area contributed by atoms with Gasteiger partial charge in [0.2, 0.25) is 0 Å². The smallest absolute Gasteiger partial charge is 0.0794 e. The lowest BCUT2D eigenvalue weighted by Gasteiger charge is -2.38. The summed E-state index contributed by atoms with van der Waals surface area (Å²) >= 11 is 0. The van der Waals surface area contributed by atoms with Crippen LogP contribution in [0.1, 0.15) is 19.8 Å². The van der Waals surface area contributed by atoms with Gasteiger partial charge in [-0.05, 0) is 38.0 Å². The summed E-state index contributed by atoms with van der Waals surface area (Å²) < 4.78 is 0. The monoisotopic (exact) mass is 221 g/mol. The molecule has 0 saturated carbocycles. The number of aliphatic hydroxyl groups is 1. The van der Waals surface area contributed by atoms with E-state index in [4.69, 9.17) is 11.5 Å². The van der Waals surface area contributed by atoms with Gasteiger partial charge < -0.3 is 21.5 Å². The summed E-state index contributed by atoms with van der Waals surface area (Å²) in [6.45, 7) is 3.48. The summed E-state index contributed by atoms with van der Waals surface area (Å²) in [7, 11) is 0. The molecule has 0 aliphatic carbocycles. The van der Waals surface area contributed by atoms with Gasteiger partial charge in [-0.25, -0.2) is 0 Å². The molecule has 0 amide bonds. The fourth-order valence-electron chi connectivity index (χ4n) is 2.20. The van der Waals surface area contributed by atoms with E-state index in [1.165, 1.54) is 0 Å². The molecular weight excluding hydrogens is 202 g/mol. The summed E-state index contributed by atoms with van der Waals surface area (Å²) in [4.78, 5) is 2.15. The van der Waals surface area contributed by atoms with Crippen molar-refractivity contribution in [1.82, 2.24) is 0 Å². The van der Waals surface area contributed by atoms with E-state index in [2.05, 4.69) is 4.90 Å². The Hall–Kier alpha value is -1.42. The van der Waals surface area contributed by atoms with Crippen molar-refractivity contribution in [3.8, 4) is 0 Å². The zero-order chi connectivity index (χ0) is 11.8. The van der Waals surface area contributed by atoms with Crippen LogP contribution in [0.4, 0.5) is 17.1 Å². The Bertz CT molecular complexity index is 390. The van der Waals surface area contributed by atoms with E-state index >= 15 is 0 Å². The molecule has 0 aromatic heterocycles. The molecule has 1 unspecified atom stereocenters. The van der Waals surface area contributed by atoms with Crippen LogP contribution in [0.25, 0.3) is 0 Å². The summed E-state index contributed by atoms with van der Waals surface area (Å²) in [5.74, 6) is 0. The topological polar surface area (TPSA) is 75.5 Å². The molecule has 88 valence electrons. The third-order valence-corrected chi connectivity index (χ3v) is 3.11. The minimum atomic E-state index is -0.603. The number of benzene rings is 1. The number of piperidine rings is 1. The average molecular weight is 221 g/mol. The predicted molar refractivity (Wildman–Crippen MR) is 67.3 cm³/mol. The van der Waals surface area contributed by atoms with Crippen LogP contribution in [-0.4, -0.2) is 23.8 Å². The van der Waals surface area contributed by atoms with Crippen LogP contribution < -0.4 is 16.4 Å². The van der Waals surface area contributed by atoms with E-state index in [1.54, 1.807) is 0 Å². The third kappa shape index (κ3) is 2.22. The standard InChI is InChI=1S/C12H19N3O/c1-12(16)5-2-6-15(8-12)9-3-4-10(13)11(14)7-9/h3-4,7,16H,2,5-6,8,13-14H2,1H3. The summed E-state index contributed by atoms with van der Waals surface area (Å²) in [5.41, 5.74) is 13.1. The Kier molecular flexibility index (Phi) is 2.68.